The lowest BCUT2D eigenvalue weighted by Crippen LogP contribution is -2.46. The van der Waals surface area contributed by atoms with Gasteiger partial charge < -0.3 is 5.32 Å². The number of aryl methyl sites for hydroxylation is 2. The number of sulfonamides is 1. The molecule has 2 atom stereocenters. The normalized spacial score (nSPS) is 22.6. The Morgan fingerprint density at radius 3 is 2.61 bits per heavy atom. The molecule has 1 aromatic carbocycles. The molecule has 3 rings (SSSR count). The van der Waals surface area contributed by atoms with Gasteiger partial charge in [0, 0.05) is 26.2 Å². The van der Waals surface area contributed by atoms with Gasteiger partial charge in [-0.1, -0.05) is 0 Å². The van der Waals surface area contributed by atoms with Crippen LogP contribution in [0.3, 0.4) is 0 Å². The van der Waals surface area contributed by atoms with Crippen LogP contribution in [0.4, 0.5) is 0 Å². The summed E-state index contributed by atoms with van der Waals surface area (Å²) in [6, 6.07) is 5.02. The van der Waals surface area contributed by atoms with E-state index in [0.29, 0.717) is 17.1 Å². The molecule has 0 radical (unpaired) electrons. The summed E-state index contributed by atoms with van der Waals surface area (Å²) in [5.41, 5.74) is 1.15. The number of hydrogen-bond donors (Lipinski definition) is 2. The summed E-state index contributed by atoms with van der Waals surface area (Å²) in [6.45, 7) is 2.85. The van der Waals surface area contributed by atoms with Crippen molar-refractivity contribution in [3.8, 4) is 0 Å². The number of piperidine rings is 1. The van der Waals surface area contributed by atoms with Gasteiger partial charge in [0.2, 0.25) is 10.0 Å². The van der Waals surface area contributed by atoms with Crippen molar-refractivity contribution >= 4 is 21.1 Å². The van der Waals surface area contributed by atoms with E-state index in [-0.39, 0.29) is 16.6 Å². The molecule has 8 heteroatoms. The van der Waals surface area contributed by atoms with Crippen LogP contribution in [0.2, 0.25) is 0 Å². The van der Waals surface area contributed by atoms with Crippen LogP contribution < -0.4 is 15.7 Å². The second kappa shape index (κ2) is 5.77. The van der Waals surface area contributed by atoms with Crippen molar-refractivity contribution in [1.82, 2.24) is 19.2 Å². The third-order valence-corrected chi connectivity index (χ3v) is 6.02. The highest BCUT2D eigenvalue weighted by Crippen LogP contribution is 2.19. The van der Waals surface area contributed by atoms with Crippen molar-refractivity contribution in [2.24, 2.45) is 14.1 Å². The Kier molecular flexibility index (Phi) is 4.07. The molecule has 0 bridgehead atoms. The number of imidazole rings is 1. The summed E-state index contributed by atoms with van der Waals surface area (Å²) in [4.78, 5) is 12.1. The predicted molar refractivity (Wildman–Crippen MR) is 89.0 cm³/mol. The quantitative estimate of drug-likeness (QED) is 0.843. The molecule has 23 heavy (non-hydrogen) atoms. The van der Waals surface area contributed by atoms with E-state index in [4.69, 9.17) is 0 Å². The van der Waals surface area contributed by atoms with E-state index in [1.165, 1.54) is 9.13 Å². The van der Waals surface area contributed by atoms with Crippen LogP contribution in [0.5, 0.6) is 0 Å². The van der Waals surface area contributed by atoms with E-state index in [1.807, 2.05) is 6.92 Å². The van der Waals surface area contributed by atoms with E-state index >= 15 is 0 Å². The molecule has 1 aliphatic heterocycles. The van der Waals surface area contributed by atoms with E-state index in [2.05, 4.69) is 10.0 Å². The van der Waals surface area contributed by atoms with Crippen molar-refractivity contribution in [2.45, 2.75) is 36.7 Å². The topological polar surface area (TPSA) is 85.1 Å². The van der Waals surface area contributed by atoms with Crippen LogP contribution in [0, 0.1) is 0 Å². The van der Waals surface area contributed by atoms with Gasteiger partial charge in [-0.05, 0) is 44.5 Å². The number of fused-ring (bicyclic) bond motifs is 1. The second-order valence-electron chi connectivity index (χ2n) is 6.25. The summed E-state index contributed by atoms with van der Waals surface area (Å²) in [5.74, 6) is 0. The zero-order valence-corrected chi connectivity index (χ0v) is 14.4. The molecule has 7 nitrogen and oxygen atoms in total. The Balaban J connectivity index is 1.95. The Morgan fingerprint density at radius 1 is 1.22 bits per heavy atom. The number of rotatable bonds is 3. The number of hydrogen-bond acceptors (Lipinski definition) is 4. The second-order valence-corrected chi connectivity index (χ2v) is 7.96. The first-order valence-electron chi connectivity index (χ1n) is 7.71. The van der Waals surface area contributed by atoms with Crippen molar-refractivity contribution in [3.63, 3.8) is 0 Å². The molecule has 2 unspecified atom stereocenters. The molecule has 1 saturated heterocycles. The molecule has 0 aliphatic carbocycles. The fraction of sp³-hybridized carbons (Fsp3) is 0.533. The average Bonchev–Trinajstić information content (AvgIpc) is 2.71. The Bertz CT molecular complexity index is 897. The van der Waals surface area contributed by atoms with Crippen LogP contribution in [0.15, 0.2) is 27.9 Å². The van der Waals surface area contributed by atoms with Crippen molar-refractivity contribution in [1.29, 1.82) is 0 Å². The maximum Gasteiger partial charge on any atom is 0.328 e. The molecule has 0 spiro atoms. The first-order chi connectivity index (χ1) is 10.8. The molecule has 126 valence electrons. The van der Waals surface area contributed by atoms with Gasteiger partial charge >= 0.3 is 5.69 Å². The maximum atomic E-state index is 12.6. The van der Waals surface area contributed by atoms with Crippen LogP contribution in [-0.4, -0.2) is 36.2 Å². The third kappa shape index (κ3) is 2.93. The highest BCUT2D eigenvalue weighted by molar-refractivity contribution is 7.89. The van der Waals surface area contributed by atoms with Crippen LogP contribution in [0.1, 0.15) is 19.8 Å². The first-order valence-corrected chi connectivity index (χ1v) is 9.19. The van der Waals surface area contributed by atoms with Gasteiger partial charge in [-0.3, -0.25) is 9.13 Å². The standard InChI is InChI=1S/C15H22N4O3S/c1-10-8-11(6-7-16-10)17-23(21,22)12-4-5-13-14(9-12)19(3)15(20)18(13)2/h4-5,9-11,16-17H,6-8H2,1-3H3. The highest BCUT2D eigenvalue weighted by atomic mass is 32.2. The van der Waals surface area contributed by atoms with E-state index in [9.17, 15) is 13.2 Å². The SMILES string of the molecule is CC1CC(NS(=O)(=O)c2ccc3c(c2)n(C)c(=O)n3C)CCN1. The van der Waals surface area contributed by atoms with Crippen molar-refractivity contribution < 1.29 is 8.42 Å². The molecular weight excluding hydrogens is 316 g/mol. The van der Waals surface area contributed by atoms with Crippen LogP contribution in [-0.2, 0) is 24.1 Å². The smallest absolute Gasteiger partial charge is 0.314 e. The van der Waals surface area contributed by atoms with Crippen LogP contribution >= 0.6 is 0 Å². The molecule has 1 aromatic heterocycles. The molecule has 0 saturated carbocycles. The summed E-state index contributed by atoms with van der Waals surface area (Å²) >= 11 is 0. The number of nitrogens with one attached hydrogen (secondary N) is 2. The van der Waals surface area contributed by atoms with Gasteiger partial charge in [-0.25, -0.2) is 17.9 Å². The fourth-order valence-electron chi connectivity index (χ4n) is 3.18. The lowest BCUT2D eigenvalue weighted by atomic mass is 10.0. The largest absolute Gasteiger partial charge is 0.328 e. The Labute approximate surface area is 135 Å². The van der Waals surface area contributed by atoms with E-state index < -0.39 is 10.0 Å². The summed E-state index contributed by atoms with van der Waals surface area (Å²) < 4.78 is 31.0. The average molecular weight is 338 g/mol. The minimum Gasteiger partial charge on any atom is -0.314 e. The molecule has 2 aromatic rings. The molecule has 2 heterocycles. The van der Waals surface area contributed by atoms with Gasteiger partial charge in [-0.15, -0.1) is 0 Å². The van der Waals surface area contributed by atoms with Gasteiger partial charge in [0.1, 0.15) is 0 Å². The van der Waals surface area contributed by atoms with Gasteiger partial charge in [0.25, 0.3) is 0 Å². The van der Waals surface area contributed by atoms with Gasteiger partial charge in [0.05, 0.1) is 15.9 Å². The Morgan fingerprint density at radius 2 is 1.91 bits per heavy atom. The minimum atomic E-state index is -3.60. The summed E-state index contributed by atoms with van der Waals surface area (Å²) in [6.07, 6.45) is 1.54. The number of benzene rings is 1. The Hall–Kier alpha value is -1.64. The third-order valence-electron chi connectivity index (χ3n) is 4.50. The summed E-state index contributed by atoms with van der Waals surface area (Å²) in [5, 5.41) is 3.30. The maximum absolute atomic E-state index is 12.6. The van der Waals surface area contributed by atoms with E-state index in [1.54, 1.807) is 32.3 Å². The lowest BCUT2D eigenvalue weighted by Gasteiger charge is -2.28. The molecule has 1 aliphatic rings. The van der Waals surface area contributed by atoms with Crippen LogP contribution in [0.25, 0.3) is 11.0 Å². The zero-order valence-electron chi connectivity index (χ0n) is 13.5. The zero-order chi connectivity index (χ0) is 16.8. The number of nitrogens with zero attached hydrogens (tertiary/aromatic N) is 2. The van der Waals surface area contributed by atoms with Gasteiger partial charge in [-0.2, -0.15) is 0 Å². The van der Waals surface area contributed by atoms with Crippen molar-refractivity contribution in [2.75, 3.05) is 6.54 Å². The summed E-state index contributed by atoms with van der Waals surface area (Å²) in [7, 11) is -0.282. The first kappa shape index (κ1) is 16.2. The van der Waals surface area contributed by atoms with E-state index in [0.717, 1.165) is 19.4 Å². The monoisotopic (exact) mass is 338 g/mol. The van der Waals surface area contributed by atoms with Crippen molar-refractivity contribution in [3.05, 3.63) is 28.7 Å². The molecule has 2 N–H and O–H groups in total. The highest BCUT2D eigenvalue weighted by Gasteiger charge is 2.25. The lowest BCUT2D eigenvalue weighted by molar-refractivity contribution is 0.361. The number of aromatic nitrogens is 2. The molecule has 1 fully saturated rings. The molecule has 0 amide bonds. The molecular formula is C15H22N4O3S. The van der Waals surface area contributed by atoms with Gasteiger partial charge in [0.15, 0.2) is 0 Å². The predicted octanol–water partition coefficient (Wildman–Crippen LogP) is 0.296. The minimum absolute atomic E-state index is 0.0634. The fourth-order valence-corrected chi connectivity index (χ4v) is 4.48.